The summed E-state index contributed by atoms with van der Waals surface area (Å²) in [5, 5.41) is 3.54. The molecule has 0 radical (unpaired) electrons. The lowest BCUT2D eigenvalue weighted by molar-refractivity contribution is 0.340. The second-order valence-corrected chi connectivity index (χ2v) is 3.88. The van der Waals surface area contributed by atoms with Crippen molar-refractivity contribution in [2.75, 3.05) is 19.0 Å². The Bertz CT molecular complexity index is 510. The number of ether oxygens (including phenoxy) is 1. The average Bonchev–Trinajstić information content (AvgIpc) is 2.80. The van der Waals surface area contributed by atoms with Crippen molar-refractivity contribution in [2.24, 2.45) is 0 Å². The lowest BCUT2D eigenvalue weighted by Gasteiger charge is -2.06. The molecular weight excluding hydrogens is 238 g/mol. The molecule has 2 aromatic rings. The fourth-order valence-corrected chi connectivity index (χ4v) is 1.77. The molecule has 17 heavy (non-hydrogen) atoms. The van der Waals surface area contributed by atoms with E-state index in [1.807, 2.05) is 32.2 Å². The first-order valence-corrected chi connectivity index (χ1v) is 5.78. The van der Waals surface area contributed by atoms with Crippen molar-refractivity contribution in [2.45, 2.75) is 6.92 Å². The molecule has 90 valence electrons. The van der Waals surface area contributed by atoms with Crippen LogP contribution in [0.4, 0.5) is 5.95 Å². The number of anilines is 1. The highest BCUT2D eigenvalue weighted by Gasteiger charge is 2.06. The average molecular weight is 252 g/mol. The van der Waals surface area contributed by atoms with Gasteiger partial charge in [0.15, 0.2) is 5.95 Å². The molecule has 4 nitrogen and oxygen atoms in total. The van der Waals surface area contributed by atoms with Crippen LogP contribution in [0.2, 0.25) is 5.02 Å². The number of H-pyrrole nitrogens is 1. The van der Waals surface area contributed by atoms with E-state index in [0.717, 1.165) is 17.2 Å². The SMILES string of the molecule is CCOc1ccc(-c2cnc(NC)[nH]2)cc1Cl. The highest BCUT2D eigenvalue weighted by molar-refractivity contribution is 6.32. The lowest BCUT2D eigenvalue weighted by Crippen LogP contribution is -1.92. The summed E-state index contributed by atoms with van der Waals surface area (Å²) in [5.74, 6) is 1.43. The Morgan fingerprint density at radius 3 is 2.88 bits per heavy atom. The normalized spacial score (nSPS) is 10.3. The van der Waals surface area contributed by atoms with Crippen LogP contribution in [0.1, 0.15) is 6.92 Å². The van der Waals surface area contributed by atoms with E-state index in [-0.39, 0.29) is 0 Å². The van der Waals surface area contributed by atoms with Gasteiger partial charge in [-0.25, -0.2) is 4.98 Å². The Morgan fingerprint density at radius 1 is 1.47 bits per heavy atom. The minimum absolute atomic E-state index is 0.602. The Kier molecular flexibility index (Phi) is 3.54. The molecule has 0 aliphatic carbocycles. The van der Waals surface area contributed by atoms with Crippen LogP contribution in [-0.4, -0.2) is 23.6 Å². The largest absolute Gasteiger partial charge is 0.492 e. The van der Waals surface area contributed by atoms with E-state index in [2.05, 4.69) is 15.3 Å². The molecule has 0 spiro atoms. The van der Waals surface area contributed by atoms with Crippen LogP contribution in [0.15, 0.2) is 24.4 Å². The summed E-state index contributed by atoms with van der Waals surface area (Å²) in [6.07, 6.45) is 1.76. The number of nitrogens with one attached hydrogen (secondary N) is 2. The number of nitrogens with zero attached hydrogens (tertiary/aromatic N) is 1. The monoisotopic (exact) mass is 251 g/mol. The highest BCUT2D eigenvalue weighted by Crippen LogP contribution is 2.29. The van der Waals surface area contributed by atoms with E-state index in [0.29, 0.717) is 17.4 Å². The molecular formula is C12H14ClN3O. The van der Waals surface area contributed by atoms with Gasteiger partial charge < -0.3 is 15.0 Å². The van der Waals surface area contributed by atoms with Crippen LogP contribution in [-0.2, 0) is 0 Å². The molecule has 1 heterocycles. The van der Waals surface area contributed by atoms with Crippen molar-refractivity contribution >= 4 is 17.5 Å². The second kappa shape index (κ2) is 5.10. The zero-order valence-corrected chi connectivity index (χ0v) is 10.5. The van der Waals surface area contributed by atoms with E-state index in [1.54, 1.807) is 6.20 Å². The summed E-state index contributed by atoms with van der Waals surface area (Å²) in [5.41, 5.74) is 1.90. The Balaban J connectivity index is 2.30. The van der Waals surface area contributed by atoms with E-state index in [4.69, 9.17) is 16.3 Å². The molecule has 1 aromatic carbocycles. The number of aromatic amines is 1. The smallest absolute Gasteiger partial charge is 0.200 e. The van der Waals surface area contributed by atoms with Crippen LogP contribution in [0, 0.1) is 0 Å². The first kappa shape index (κ1) is 11.8. The Hall–Kier alpha value is -1.68. The number of hydrogen-bond acceptors (Lipinski definition) is 3. The van der Waals surface area contributed by atoms with Gasteiger partial charge in [-0.15, -0.1) is 0 Å². The third-order valence-corrected chi connectivity index (χ3v) is 2.65. The summed E-state index contributed by atoms with van der Waals surface area (Å²) >= 11 is 6.12. The molecule has 0 saturated carbocycles. The van der Waals surface area contributed by atoms with Crippen molar-refractivity contribution in [1.82, 2.24) is 9.97 Å². The molecule has 0 fully saturated rings. The van der Waals surface area contributed by atoms with E-state index in [1.165, 1.54) is 0 Å². The molecule has 0 amide bonds. The first-order chi connectivity index (χ1) is 8.24. The lowest BCUT2D eigenvalue weighted by atomic mass is 10.1. The minimum atomic E-state index is 0.602. The van der Waals surface area contributed by atoms with E-state index >= 15 is 0 Å². The van der Waals surface area contributed by atoms with Gasteiger partial charge in [0.1, 0.15) is 5.75 Å². The summed E-state index contributed by atoms with van der Waals surface area (Å²) in [6, 6.07) is 5.67. The van der Waals surface area contributed by atoms with Crippen LogP contribution in [0.3, 0.4) is 0 Å². The maximum absolute atomic E-state index is 6.12. The van der Waals surface area contributed by atoms with Gasteiger partial charge in [-0.2, -0.15) is 0 Å². The van der Waals surface area contributed by atoms with Crippen molar-refractivity contribution in [3.05, 3.63) is 29.4 Å². The summed E-state index contributed by atoms with van der Waals surface area (Å²) in [7, 11) is 1.81. The van der Waals surface area contributed by atoms with Crippen LogP contribution >= 0.6 is 11.6 Å². The number of halogens is 1. The third kappa shape index (κ3) is 2.53. The summed E-state index contributed by atoms with van der Waals surface area (Å²) in [6.45, 7) is 2.53. The molecule has 1 aromatic heterocycles. The van der Waals surface area contributed by atoms with E-state index < -0.39 is 0 Å². The van der Waals surface area contributed by atoms with Crippen molar-refractivity contribution < 1.29 is 4.74 Å². The molecule has 5 heteroatoms. The summed E-state index contributed by atoms with van der Waals surface area (Å²) in [4.78, 5) is 7.29. The fraction of sp³-hybridized carbons (Fsp3) is 0.250. The Morgan fingerprint density at radius 2 is 2.29 bits per heavy atom. The van der Waals surface area contributed by atoms with Crippen molar-refractivity contribution in [3.8, 4) is 17.0 Å². The van der Waals surface area contributed by atoms with Gasteiger partial charge in [-0.1, -0.05) is 11.6 Å². The molecule has 0 saturated heterocycles. The van der Waals surface area contributed by atoms with Crippen LogP contribution < -0.4 is 10.1 Å². The quantitative estimate of drug-likeness (QED) is 0.878. The van der Waals surface area contributed by atoms with Gasteiger partial charge >= 0.3 is 0 Å². The number of rotatable bonds is 4. The van der Waals surface area contributed by atoms with Crippen LogP contribution in [0.25, 0.3) is 11.3 Å². The predicted octanol–water partition coefficient (Wildman–Crippen LogP) is 3.17. The zero-order chi connectivity index (χ0) is 12.3. The van der Waals surface area contributed by atoms with Gasteiger partial charge in [0, 0.05) is 12.6 Å². The summed E-state index contributed by atoms with van der Waals surface area (Å²) < 4.78 is 5.38. The highest BCUT2D eigenvalue weighted by atomic mass is 35.5. The topological polar surface area (TPSA) is 49.9 Å². The third-order valence-electron chi connectivity index (χ3n) is 2.36. The predicted molar refractivity (Wildman–Crippen MR) is 69.7 cm³/mol. The minimum Gasteiger partial charge on any atom is -0.492 e. The second-order valence-electron chi connectivity index (χ2n) is 3.47. The molecule has 0 aliphatic rings. The van der Waals surface area contributed by atoms with Gasteiger partial charge in [0.25, 0.3) is 0 Å². The number of aromatic nitrogens is 2. The number of benzene rings is 1. The zero-order valence-electron chi connectivity index (χ0n) is 9.75. The molecule has 2 N–H and O–H groups in total. The maximum atomic E-state index is 6.12. The number of hydrogen-bond donors (Lipinski definition) is 2. The molecule has 0 bridgehead atoms. The molecule has 0 unspecified atom stereocenters. The van der Waals surface area contributed by atoms with Gasteiger partial charge in [0.05, 0.1) is 23.5 Å². The number of imidazole rings is 1. The van der Waals surface area contributed by atoms with Crippen molar-refractivity contribution in [1.29, 1.82) is 0 Å². The van der Waals surface area contributed by atoms with Gasteiger partial charge in [-0.05, 0) is 25.1 Å². The molecule has 0 aliphatic heterocycles. The van der Waals surface area contributed by atoms with Gasteiger partial charge in [0.2, 0.25) is 0 Å². The van der Waals surface area contributed by atoms with Crippen LogP contribution in [0.5, 0.6) is 5.75 Å². The fourth-order valence-electron chi connectivity index (χ4n) is 1.54. The van der Waals surface area contributed by atoms with E-state index in [9.17, 15) is 0 Å². The maximum Gasteiger partial charge on any atom is 0.200 e. The van der Waals surface area contributed by atoms with Crippen molar-refractivity contribution in [3.63, 3.8) is 0 Å². The Labute approximate surface area is 105 Å². The molecule has 0 atom stereocenters. The standard InChI is InChI=1S/C12H14ClN3O/c1-3-17-11-5-4-8(6-9(11)13)10-7-15-12(14-2)16-10/h4-7H,3H2,1-2H3,(H2,14,15,16). The van der Waals surface area contributed by atoms with Gasteiger partial charge in [-0.3, -0.25) is 0 Å². The molecule has 2 rings (SSSR count). The first-order valence-electron chi connectivity index (χ1n) is 5.40.